The van der Waals surface area contributed by atoms with Crippen LogP contribution in [0.3, 0.4) is 0 Å². The van der Waals surface area contributed by atoms with Crippen LogP contribution in [0.25, 0.3) is 0 Å². The van der Waals surface area contributed by atoms with Crippen LogP contribution < -0.4 is 0 Å². The van der Waals surface area contributed by atoms with Crippen molar-refractivity contribution >= 4 is 0 Å². The normalized spacial score (nSPS) is 28.0. The van der Waals surface area contributed by atoms with Crippen molar-refractivity contribution in [1.82, 2.24) is 20.2 Å². The minimum atomic E-state index is -3.61. The first-order valence-electron chi connectivity index (χ1n) is 7.54. The summed E-state index contributed by atoms with van der Waals surface area (Å²) >= 11 is 0. The predicted octanol–water partition coefficient (Wildman–Crippen LogP) is 2.27. The highest BCUT2D eigenvalue weighted by molar-refractivity contribution is 5.31. The lowest BCUT2D eigenvalue weighted by Crippen LogP contribution is -2.69. The third kappa shape index (κ3) is 1.87. The molecule has 0 spiro atoms. The Balaban J connectivity index is 1.82. The van der Waals surface area contributed by atoms with Crippen LogP contribution in [0.2, 0.25) is 0 Å². The Morgan fingerprint density at radius 1 is 1.25 bits per heavy atom. The summed E-state index contributed by atoms with van der Waals surface area (Å²) in [4.78, 5) is 0. The molecule has 3 aliphatic carbocycles. The molecule has 1 N–H and O–H groups in total. The minimum absolute atomic E-state index is 0.242. The molecular weight excluding hydrogens is 328 g/mol. The molecule has 24 heavy (non-hydrogen) atoms. The first kappa shape index (κ1) is 15.5. The average Bonchev–Trinajstić information content (AvgIpc) is 2.86. The molecule has 9 heteroatoms. The topological polar surface area (TPSA) is 63.8 Å². The zero-order chi connectivity index (χ0) is 17.2. The standard InChI is InChI=1S/C15H14F4N4O/c16-10-1-2-11(12(17)3-10)14(24,7-23-8-20-21-22-23)15(18,19)13-4-9(5-13)6-13/h1-3,8-9,24H,4-7H2/t9?,13?,14-/m0/s1. The van der Waals surface area contributed by atoms with E-state index in [9.17, 15) is 13.9 Å². The van der Waals surface area contributed by atoms with Crippen molar-refractivity contribution in [3.05, 3.63) is 41.7 Å². The van der Waals surface area contributed by atoms with Crippen molar-refractivity contribution in [2.75, 3.05) is 0 Å². The van der Waals surface area contributed by atoms with Gasteiger partial charge in [0.15, 0.2) is 5.60 Å². The second-order valence-electron chi connectivity index (χ2n) is 6.82. The number of alkyl halides is 2. The summed E-state index contributed by atoms with van der Waals surface area (Å²) < 4.78 is 58.9. The number of nitrogens with zero attached hydrogens (tertiary/aromatic N) is 4. The first-order chi connectivity index (χ1) is 11.3. The number of tetrazole rings is 1. The van der Waals surface area contributed by atoms with Crippen molar-refractivity contribution in [3.63, 3.8) is 0 Å². The number of rotatable bonds is 5. The third-order valence-electron chi connectivity index (χ3n) is 5.38. The fourth-order valence-electron chi connectivity index (χ4n) is 3.97. The van der Waals surface area contributed by atoms with Crippen LogP contribution in [0.15, 0.2) is 24.5 Å². The second kappa shape index (κ2) is 4.75. The smallest absolute Gasteiger partial charge is 0.287 e. The van der Waals surface area contributed by atoms with Gasteiger partial charge in [0, 0.05) is 17.0 Å². The van der Waals surface area contributed by atoms with E-state index in [1.165, 1.54) is 0 Å². The summed E-state index contributed by atoms with van der Waals surface area (Å²) in [6.45, 7) is -0.734. The van der Waals surface area contributed by atoms with Crippen LogP contribution in [0.4, 0.5) is 17.6 Å². The average molecular weight is 342 g/mol. The van der Waals surface area contributed by atoms with Crippen molar-refractivity contribution in [3.8, 4) is 0 Å². The number of aliphatic hydroxyl groups is 1. The van der Waals surface area contributed by atoms with Gasteiger partial charge in [-0.2, -0.15) is 0 Å². The molecule has 1 atom stereocenters. The van der Waals surface area contributed by atoms with E-state index < -0.39 is 40.7 Å². The largest absolute Gasteiger partial charge is 0.377 e. The van der Waals surface area contributed by atoms with E-state index in [4.69, 9.17) is 0 Å². The Hall–Kier alpha value is -2.03. The molecule has 128 valence electrons. The van der Waals surface area contributed by atoms with E-state index in [-0.39, 0.29) is 5.92 Å². The first-order valence-corrected chi connectivity index (χ1v) is 7.54. The van der Waals surface area contributed by atoms with Crippen LogP contribution in [0.5, 0.6) is 0 Å². The molecule has 3 aliphatic rings. The number of benzene rings is 1. The van der Waals surface area contributed by atoms with E-state index in [0.717, 1.165) is 23.1 Å². The Kier molecular flexibility index (Phi) is 3.07. The van der Waals surface area contributed by atoms with Crippen LogP contribution in [-0.2, 0) is 12.1 Å². The number of hydrogen-bond donors (Lipinski definition) is 1. The molecule has 1 aromatic carbocycles. The zero-order valence-corrected chi connectivity index (χ0v) is 12.5. The lowest BCUT2D eigenvalue weighted by Gasteiger charge is -2.66. The SMILES string of the molecule is O[C@@](Cn1cnnn1)(c1ccc(F)cc1F)C(F)(F)C12CC(C1)C2. The van der Waals surface area contributed by atoms with Gasteiger partial charge in [-0.25, -0.2) is 22.2 Å². The molecule has 0 unspecified atom stereocenters. The van der Waals surface area contributed by atoms with Gasteiger partial charge in [0.1, 0.15) is 18.0 Å². The molecule has 3 fully saturated rings. The van der Waals surface area contributed by atoms with Gasteiger partial charge < -0.3 is 5.11 Å². The van der Waals surface area contributed by atoms with Gasteiger partial charge in [-0.05, 0) is 47.7 Å². The van der Waals surface area contributed by atoms with Crippen LogP contribution in [-0.4, -0.2) is 31.2 Å². The van der Waals surface area contributed by atoms with Gasteiger partial charge in [0.05, 0.1) is 6.54 Å². The molecule has 0 radical (unpaired) electrons. The van der Waals surface area contributed by atoms with Crippen molar-refractivity contribution in [1.29, 1.82) is 0 Å². The highest BCUT2D eigenvalue weighted by Crippen LogP contribution is 2.73. The van der Waals surface area contributed by atoms with E-state index in [0.29, 0.717) is 25.3 Å². The fraction of sp³-hybridized carbons (Fsp3) is 0.533. The number of halogens is 4. The predicted molar refractivity (Wildman–Crippen MR) is 72.8 cm³/mol. The number of hydrogen-bond acceptors (Lipinski definition) is 4. The summed E-state index contributed by atoms with van der Waals surface area (Å²) in [7, 11) is 0. The fourth-order valence-corrected chi connectivity index (χ4v) is 3.97. The van der Waals surface area contributed by atoms with Gasteiger partial charge in [-0.1, -0.05) is 0 Å². The van der Waals surface area contributed by atoms with Gasteiger partial charge >= 0.3 is 0 Å². The molecule has 5 nitrogen and oxygen atoms in total. The Morgan fingerprint density at radius 3 is 2.46 bits per heavy atom. The maximum Gasteiger partial charge on any atom is 0.287 e. The molecule has 2 bridgehead atoms. The molecule has 0 amide bonds. The number of aromatic nitrogens is 4. The Morgan fingerprint density at radius 2 is 1.96 bits per heavy atom. The summed E-state index contributed by atoms with van der Waals surface area (Å²) in [6, 6.07) is 2.19. The molecule has 0 saturated heterocycles. The molecule has 5 rings (SSSR count). The summed E-state index contributed by atoms with van der Waals surface area (Å²) in [5, 5.41) is 21.1. The van der Waals surface area contributed by atoms with Crippen molar-refractivity contribution in [2.45, 2.75) is 37.3 Å². The Bertz CT molecular complexity index is 765. The zero-order valence-electron chi connectivity index (χ0n) is 12.5. The minimum Gasteiger partial charge on any atom is -0.377 e. The van der Waals surface area contributed by atoms with Gasteiger partial charge in [-0.3, -0.25) is 0 Å². The molecule has 0 aliphatic heterocycles. The van der Waals surface area contributed by atoms with Gasteiger partial charge in [-0.15, -0.1) is 5.10 Å². The highest BCUT2D eigenvalue weighted by atomic mass is 19.3. The van der Waals surface area contributed by atoms with E-state index >= 15 is 8.78 Å². The van der Waals surface area contributed by atoms with E-state index in [2.05, 4.69) is 15.5 Å². The van der Waals surface area contributed by atoms with E-state index in [1.807, 2.05) is 0 Å². The van der Waals surface area contributed by atoms with Crippen LogP contribution >= 0.6 is 0 Å². The van der Waals surface area contributed by atoms with Gasteiger partial charge in [0.2, 0.25) is 0 Å². The Labute approximate surface area is 134 Å². The van der Waals surface area contributed by atoms with E-state index in [1.54, 1.807) is 0 Å². The molecule has 3 saturated carbocycles. The van der Waals surface area contributed by atoms with Crippen molar-refractivity contribution < 1.29 is 22.7 Å². The third-order valence-corrected chi connectivity index (χ3v) is 5.38. The quantitative estimate of drug-likeness (QED) is 0.847. The molecule has 1 aromatic heterocycles. The lowest BCUT2D eigenvalue weighted by molar-refractivity contribution is -0.337. The maximum atomic E-state index is 15.3. The lowest BCUT2D eigenvalue weighted by atomic mass is 9.40. The van der Waals surface area contributed by atoms with Gasteiger partial charge in [0.25, 0.3) is 5.92 Å². The van der Waals surface area contributed by atoms with Crippen LogP contribution in [0.1, 0.15) is 24.8 Å². The maximum absolute atomic E-state index is 15.3. The molecular formula is C15H14F4N4O. The van der Waals surface area contributed by atoms with Crippen LogP contribution in [0, 0.1) is 23.0 Å². The summed E-state index contributed by atoms with van der Waals surface area (Å²) in [5.41, 5.74) is -4.89. The molecule has 2 aromatic rings. The second-order valence-corrected chi connectivity index (χ2v) is 6.82. The summed E-state index contributed by atoms with van der Waals surface area (Å²) in [5.74, 6) is -5.50. The molecule has 1 heterocycles. The monoisotopic (exact) mass is 342 g/mol. The highest BCUT2D eigenvalue weighted by Gasteiger charge is 2.76. The van der Waals surface area contributed by atoms with Crippen molar-refractivity contribution in [2.24, 2.45) is 11.3 Å². The summed E-state index contributed by atoms with van der Waals surface area (Å²) in [6.07, 6.45) is 1.94.